The molecule has 0 heterocycles. The van der Waals surface area contributed by atoms with Crippen LogP contribution in [0.3, 0.4) is 0 Å². The average Bonchev–Trinajstić information content (AvgIpc) is 2.25. The van der Waals surface area contributed by atoms with Gasteiger partial charge in [0.15, 0.2) is 26.6 Å². The lowest BCUT2D eigenvalue weighted by atomic mass is 10.6. The van der Waals surface area contributed by atoms with Crippen molar-refractivity contribution in [2.45, 2.75) is 57.3 Å². The van der Waals surface area contributed by atoms with Crippen molar-refractivity contribution in [2.24, 2.45) is 0 Å². The van der Waals surface area contributed by atoms with Crippen LogP contribution in [-0.4, -0.2) is 45.6 Å². The van der Waals surface area contributed by atoms with Gasteiger partial charge in [0.1, 0.15) is 0 Å². The fourth-order valence-corrected chi connectivity index (χ4v) is 15.8. The first-order valence-corrected chi connectivity index (χ1v) is 15.2. The zero-order valence-corrected chi connectivity index (χ0v) is 18.1. The van der Waals surface area contributed by atoms with Crippen molar-refractivity contribution in [3.63, 3.8) is 0 Å². The van der Waals surface area contributed by atoms with E-state index in [4.69, 9.17) is 0 Å². The first-order chi connectivity index (χ1) is 9.62. The summed E-state index contributed by atoms with van der Waals surface area (Å²) in [7, 11) is -9.79. The van der Waals surface area contributed by atoms with Crippen LogP contribution in [0.5, 0.6) is 0 Å². The van der Waals surface area contributed by atoms with Gasteiger partial charge in [-0.3, -0.25) is 0 Å². The highest BCUT2D eigenvalue weighted by molar-refractivity contribution is 9.15. The molecule has 13 heteroatoms. The van der Waals surface area contributed by atoms with Gasteiger partial charge in [0.2, 0.25) is 0 Å². The summed E-state index contributed by atoms with van der Waals surface area (Å²) < 4.78 is 70.8. The van der Waals surface area contributed by atoms with Crippen molar-refractivity contribution in [3.05, 3.63) is 0 Å². The summed E-state index contributed by atoms with van der Waals surface area (Å²) in [5, 5.41) is -2.20. The molecule has 0 aliphatic carbocycles. The summed E-state index contributed by atoms with van der Waals surface area (Å²) in [4.78, 5) is 0. The lowest BCUT2D eigenvalue weighted by molar-refractivity contribution is 0.601. The van der Waals surface area contributed by atoms with Gasteiger partial charge in [-0.1, -0.05) is 31.9 Å². The quantitative estimate of drug-likeness (QED) is 0.404. The Morgan fingerprint density at radius 3 is 0.864 bits per heavy atom. The van der Waals surface area contributed by atoms with Crippen LogP contribution in [0.2, 0.25) is 0 Å². The van der Waals surface area contributed by atoms with Gasteiger partial charge in [-0.25, -0.2) is 25.3 Å². The fraction of sp³-hybridized carbons (Fsp3) is 1.00. The minimum absolute atomic E-state index is 0.383. The maximum Gasteiger partial charge on any atom is 0.391 e. The molecule has 0 aromatic carbocycles. The SMILES string of the molecule is CC(C)S(=O)(=O)SB(SS(=O)(=O)C(C)C)SS(=O)(=O)C(C)C. The van der Waals surface area contributed by atoms with Gasteiger partial charge in [-0.15, -0.1) is 0 Å². The van der Waals surface area contributed by atoms with Gasteiger partial charge in [-0.2, -0.15) is 0 Å². The molecule has 132 valence electrons. The molecule has 0 saturated heterocycles. The van der Waals surface area contributed by atoms with E-state index in [1.165, 1.54) is 41.5 Å². The van der Waals surface area contributed by atoms with E-state index >= 15 is 0 Å². The molecule has 0 aromatic rings. The lowest BCUT2D eigenvalue weighted by Gasteiger charge is -2.16. The Morgan fingerprint density at radius 1 is 0.545 bits per heavy atom. The van der Waals surface area contributed by atoms with E-state index in [9.17, 15) is 25.3 Å². The monoisotopic (exact) mass is 428 g/mol. The van der Waals surface area contributed by atoms with Crippen LogP contribution in [0.15, 0.2) is 0 Å². The van der Waals surface area contributed by atoms with Crippen LogP contribution in [0, 0.1) is 0 Å². The number of hydrogen-bond acceptors (Lipinski definition) is 9. The minimum Gasteiger partial charge on any atom is -0.218 e. The molecule has 0 aliphatic rings. The average molecular weight is 428 g/mol. The summed E-state index contributed by atoms with van der Waals surface area (Å²) in [6, 6.07) is 0. The second-order valence-corrected chi connectivity index (χ2v) is 19.8. The van der Waals surface area contributed by atoms with Crippen LogP contribution in [0.1, 0.15) is 41.5 Å². The van der Waals surface area contributed by atoms with E-state index in [0.29, 0.717) is 31.9 Å². The van der Waals surface area contributed by atoms with Crippen LogP contribution >= 0.6 is 31.9 Å². The van der Waals surface area contributed by atoms with Gasteiger partial charge in [0.05, 0.1) is 15.7 Å². The first kappa shape index (κ1) is 23.0. The molecule has 0 bridgehead atoms. The zero-order valence-electron chi connectivity index (χ0n) is 13.2. The molecule has 22 heavy (non-hydrogen) atoms. The van der Waals surface area contributed by atoms with Crippen LogP contribution < -0.4 is 0 Å². The molecule has 0 rings (SSSR count). The Bertz CT molecular complexity index is 568. The van der Waals surface area contributed by atoms with E-state index in [0.717, 1.165) is 0 Å². The van der Waals surface area contributed by atoms with Crippen LogP contribution in [-0.2, 0) is 26.6 Å². The van der Waals surface area contributed by atoms with Crippen LogP contribution in [0.4, 0.5) is 0 Å². The number of hydrogen-bond donors (Lipinski definition) is 0. The van der Waals surface area contributed by atoms with Crippen molar-refractivity contribution in [1.82, 2.24) is 0 Å². The third-order valence-electron chi connectivity index (χ3n) is 2.37. The lowest BCUT2D eigenvalue weighted by Crippen LogP contribution is -2.21. The van der Waals surface area contributed by atoms with Gasteiger partial charge < -0.3 is 0 Å². The van der Waals surface area contributed by atoms with Gasteiger partial charge in [-0.05, 0) is 41.5 Å². The van der Waals surface area contributed by atoms with E-state index in [-0.39, 0.29) is 0 Å². The highest BCUT2D eigenvalue weighted by Gasteiger charge is 2.38. The fourth-order valence-electron chi connectivity index (χ4n) is 0.710. The molecule has 0 saturated carbocycles. The van der Waals surface area contributed by atoms with E-state index in [2.05, 4.69) is 0 Å². The summed E-state index contributed by atoms with van der Waals surface area (Å²) in [5.74, 6) is 0. The third-order valence-corrected chi connectivity index (χ3v) is 18.6. The minimum atomic E-state index is -3.65. The smallest absolute Gasteiger partial charge is 0.218 e. The summed E-state index contributed by atoms with van der Waals surface area (Å²) in [6.45, 7) is 8.77. The predicted molar refractivity (Wildman–Crippen MR) is 101 cm³/mol. The summed E-state index contributed by atoms with van der Waals surface area (Å²) >= 11 is 0. The molecule has 6 nitrogen and oxygen atoms in total. The van der Waals surface area contributed by atoms with Crippen molar-refractivity contribution in [1.29, 1.82) is 0 Å². The Morgan fingerprint density at radius 2 is 0.727 bits per heavy atom. The maximum atomic E-state index is 12.0. The molecule has 0 spiro atoms. The van der Waals surface area contributed by atoms with Crippen molar-refractivity contribution in [2.75, 3.05) is 0 Å². The van der Waals surface area contributed by atoms with Crippen molar-refractivity contribution < 1.29 is 25.3 Å². The highest BCUT2D eigenvalue weighted by Crippen LogP contribution is 2.42. The topological polar surface area (TPSA) is 102 Å². The second-order valence-electron chi connectivity index (χ2n) is 5.20. The number of rotatable bonds is 9. The zero-order chi connectivity index (χ0) is 17.9. The van der Waals surface area contributed by atoms with E-state index in [1.54, 1.807) is 0 Å². The van der Waals surface area contributed by atoms with Crippen molar-refractivity contribution in [3.8, 4) is 0 Å². The molecular formula is C9H21BO6S6. The molecule has 0 aromatic heterocycles. The molecule has 0 N–H and O–H groups in total. The van der Waals surface area contributed by atoms with E-state index < -0.39 is 46.9 Å². The predicted octanol–water partition coefficient (Wildman–Crippen LogP) is 2.39. The second kappa shape index (κ2) is 8.37. The van der Waals surface area contributed by atoms with E-state index in [1.807, 2.05) is 0 Å². The van der Waals surface area contributed by atoms with Crippen molar-refractivity contribution >= 4 is 63.1 Å². The Kier molecular flexibility index (Phi) is 8.74. The molecule has 0 radical (unpaired) electrons. The van der Waals surface area contributed by atoms with Gasteiger partial charge in [0.25, 0.3) is 0 Å². The largest absolute Gasteiger partial charge is 0.391 e. The summed E-state index contributed by atoms with van der Waals surface area (Å²) in [5.41, 5.74) is 0. The molecular weight excluding hydrogens is 407 g/mol. The maximum absolute atomic E-state index is 12.0. The van der Waals surface area contributed by atoms with Gasteiger partial charge in [0, 0.05) is 0 Å². The Hall–Kier alpha value is 0.965. The van der Waals surface area contributed by atoms with Crippen LogP contribution in [0.25, 0.3) is 0 Å². The Labute approximate surface area is 145 Å². The Balaban J connectivity index is 5.53. The first-order valence-electron chi connectivity index (χ1n) is 6.38. The molecule has 0 amide bonds. The normalized spacial score (nSPS) is 14.0. The highest BCUT2D eigenvalue weighted by atomic mass is 33.2. The molecule has 0 aliphatic heterocycles. The third kappa shape index (κ3) is 7.24. The molecule has 0 fully saturated rings. The standard InChI is InChI=1S/C9H21BO6S6/c1-7(2)20(11,12)17-10(18-21(13,14)8(3)4)19-22(15,16)9(5)6/h7-9H,1-6H3. The molecule has 0 unspecified atom stereocenters. The summed E-state index contributed by atoms with van der Waals surface area (Å²) in [6.07, 6.45) is 0. The molecule has 0 atom stereocenters. The van der Waals surface area contributed by atoms with Gasteiger partial charge >= 0.3 is 4.55 Å².